The van der Waals surface area contributed by atoms with Crippen molar-refractivity contribution in [3.63, 3.8) is 0 Å². The molecule has 0 unspecified atom stereocenters. The third-order valence-electron chi connectivity index (χ3n) is 8.32. The predicted octanol–water partition coefficient (Wildman–Crippen LogP) is 5.96. The summed E-state index contributed by atoms with van der Waals surface area (Å²) in [6.07, 6.45) is 3.86. The van der Waals surface area contributed by atoms with E-state index in [1.54, 1.807) is 0 Å². The molecule has 2 heterocycles. The van der Waals surface area contributed by atoms with Crippen LogP contribution in [0.5, 0.6) is 0 Å². The molecule has 1 amide bonds. The number of amides is 1. The largest absolute Gasteiger partial charge is 0.382 e. The lowest BCUT2D eigenvalue weighted by Gasteiger charge is -2.35. The summed E-state index contributed by atoms with van der Waals surface area (Å²) in [7, 11) is 0. The molecule has 2 aliphatic rings. The molecule has 0 spiro atoms. The number of aryl methyl sites for hydroxylation is 3. The number of nitrogens with one attached hydrogen (secondary N) is 2. The van der Waals surface area contributed by atoms with Crippen LogP contribution in [0.2, 0.25) is 0 Å². The fourth-order valence-corrected chi connectivity index (χ4v) is 6.03. The zero-order chi connectivity index (χ0) is 27.4. The summed E-state index contributed by atoms with van der Waals surface area (Å²) < 4.78 is 0. The lowest BCUT2D eigenvalue weighted by atomic mass is 9.98. The molecule has 0 bridgehead atoms. The molecule has 2 aliphatic heterocycles. The summed E-state index contributed by atoms with van der Waals surface area (Å²) in [5.41, 5.74) is 8.31. The Balaban J connectivity index is 1.18. The SMILES string of the molecule is Cc1cc(C)c(C(=O)NC2CCN(c3ccccc3C)CC2)cc1NC1CCN(c2ccccc2C#N)CC1. The van der Waals surface area contributed by atoms with Gasteiger partial charge in [-0.2, -0.15) is 5.26 Å². The number of nitriles is 1. The highest BCUT2D eigenvalue weighted by atomic mass is 16.1. The van der Waals surface area contributed by atoms with Gasteiger partial charge in [0, 0.05) is 55.2 Å². The zero-order valence-corrected chi connectivity index (χ0v) is 23.3. The maximum absolute atomic E-state index is 13.4. The van der Waals surface area contributed by atoms with Crippen molar-refractivity contribution in [2.75, 3.05) is 41.3 Å². The Labute approximate surface area is 232 Å². The first-order chi connectivity index (χ1) is 18.9. The van der Waals surface area contributed by atoms with E-state index in [2.05, 4.69) is 70.7 Å². The Bertz CT molecular complexity index is 1360. The first-order valence-electron chi connectivity index (χ1n) is 14.2. The second-order valence-corrected chi connectivity index (χ2v) is 11.0. The highest BCUT2D eigenvalue weighted by Gasteiger charge is 2.25. The van der Waals surface area contributed by atoms with Crippen LogP contribution in [-0.4, -0.2) is 44.2 Å². The molecular formula is C33H39N5O. The summed E-state index contributed by atoms with van der Waals surface area (Å²) in [5.74, 6) is 0.0211. The monoisotopic (exact) mass is 521 g/mol. The topological polar surface area (TPSA) is 71.4 Å². The van der Waals surface area contributed by atoms with Crippen LogP contribution in [0.1, 0.15) is 58.3 Å². The average molecular weight is 522 g/mol. The lowest BCUT2D eigenvalue weighted by Crippen LogP contribution is -2.45. The number of carbonyl (C=O) groups is 1. The van der Waals surface area contributed by atoms with E-state index in [1.165, 1.54) is 11.3 Å². The zero-order valence-electron chi connectivity index (χ0n) is 23.3. The number of anilines is 3. The highest BCUT2D eigenvalue weighted by molar-refractivity contribution is 5.97. The van der Waals surface area contributed by atoms with Gasteiger partial charge in [0.1, 0.15) is 6.07 Å². The molecule has 202 valence electrons. The molecule has 2 N–H and O–H groups in total. The first-order valence-corrected chi connectivity index (χ1v) is 14.2. The fraction of sp³-hybridized carbons (Fsp3) is 0.394. The predicted molar refractivity (Wildman–Crippen MR) is 160 cm³/mol. The van der Waals surface area contributed by atoms with Crippen LogP contribution in [0.4, 0.5) is 17.1 Å². The molecule has 0 radical (unpaired) electrons. The van der Waals surface area contributed by atoms with Crippen LogP contribution in [0.15, 0.2) is 60.7 Å². The number of hydrogen-bond acceptors (Lipinski definition) is 5. The van der Waals surface area contributed by atoms with Gasteiger partial charge in [-0.05, 0) is 87.4 Å². The molecule has 2 fully saturated rings. The lowest BCUT2D eigenvalue weighted by molar-refractivity contribution is 0.0930. The molecule has 3 aromatic rings. The van der Waals surface area contributed by atoms with Gasteiger partial charge in [-0.25, -0.2) is 0 Å². The maximum Gasteiger partial charge on any atom is 0.251 e. The summed E-state index contributed by atoms with van der Waals surface area (Å²) in [4.78, 5) is 18.1. The Morgan fingerprint density at radius 1 is 0.769 bits per heavy atom. The smallest absolute Gasteiger partial charge is 0.251 e. The Kier molecular flexibility index (Phi) is 8.07. The van der Waals surface area contributed by atoms with Gasteiger partial charge in [0.15, 0.2) is 0 Å². The van der Waals surface area contributed by atoms with Crippen LogP contribution >= 0.6 is 0 Å². The average Bonchev–Trinajstić information content (AvgIpc) is 2.95. The van der Waals surface area contributed by atoms with Gasteiger partial charge in [-0.15, -0.1) is 0 Å². The molecule has 0 atom stereocenters. The van der Waals surface area contributed by atoms with E-state index in [0.717, 1.165) is 85.5 Å². The van der Waals surface area contributed by atoms with Crippen LogP contribution in [0.25, 0.3) is 0 Å². The molecule has 0 saturated carbocycles. The number of benzene rings is 3. The van der Waals surface area contributed by atoms with Crippen molar-refractivity contribution in [3.8, 4) is 6.07 Å². The van der Waals surface area contributed by atoms with Crippen LogP contribution in [0, 0.1) is 32.1 Å². The third kappa shape index (κ3) is 6.04. The molecule has 6 nitrogen and oxygen atoms in total. The van der Waals surface area contributed by atoms with Gasteiger partial charge in [0.05, 0.1) is 11.3 Å². The van der Waals surface area contributed by atoms with E-state index in [1.807, 2.05) is 37.3 Å². The van der Waals surface area contributed by atoms with E-state index in [9.17, 15) is 10.1 Å². The third-order valence-corrected chi connectivity index (χ3v) is 8.32. The van der Waals surface area contributed by atoms with Gasteiger partial charge in [-0.3, -0.25) is 4.79 Å². The van der Waals surface area contributed by atoms with Gasteiger partial charge in [-0.1, -0.05) is 36.4 Å². The van der Waals surface area contributed by atoms with Crippen molar-refractivity contribution in [2.24, 2.45) is 0 Å². The normalized spacial score (nSPS) is 16.6. The minimum atomic E-state index is 0.0211. The second kappa shape index (κ2) is 11.8. The van der Waals surface area contributed by atoms with Gasteiger partial charge in [0.2, 0.25) is 0 Å². The van der Waals surface area contributed by atoms with E-state index in [4.69, 9.17) is 0 Å². The summed E-state index contributed by atoms with van der Waals surface area (Å²) in [6.45, 7) is 9.99. The van der Waals surface area contributed by atoms with Crippen molar-refractivity contribution in [1.29, 1.82) is 5.26 Å². The number of nitrogens with zero attached hydrogens (tertiary/aromatic N) is 3. The van der Waals surface area contributed by atoms with Crippen molar-refractivity contribution < 1.29 is 4.79 Å². The minimum absolute atomic E-state index is 0.0211. The molecule has 3 aromatic carbocycles. The van der Waals surface area contributed by atoms with E-state index < -0.39 is 0 Å². The molecule has 6 heteroatoms. The molecule has 0 aliphatic carbocycles. The number of piperidine rings is 2. The number of carbonyl (C=O) groups excluding carboxylic acids is 1. The van der Waals surface area contributed by atoms with Gasteiger partial charge < -0.3 is 20.4 Å². The minimum Gasteiger partial charge on any atom is -0.382 e. The summed E-state index contributed by atoms with van der Waals surface area (Å²) in [6, 6.07) is 23.4. The van der Waals surface area contributed by atoms with Crippen molar-refractivity contribution >= 4 is 23.0 Å². The van der Waals surface area contributed by atoms with Gasteiger partial charge >= 0.3 is 0 Å². The van der Waals surface area contributed by atoms with Crippen LogP contribution in [0.3, 0.4) is 0 Å². The fourth-order valence-electron chi connectivity index (χ4n) is 6.03. The summed E-state index contributed by atoms with van der Waals surface area (Å²) in [5, 5.41) is 16.5. The molecule has 0 aromatic heterocycles. The van der Waals surface area contributed by atoms with Crippen molar-refractivity contribution in [3.05, 3.63) is 88.5 Å². The van der Waals surface area contributed by atoms with Crippen LogP contribution < -0.4 is 20.4 Å². The van der Waals surface area contributed by atoms with E-state index in [0.29, 0.717) is 6.04 Å². The second-order valence-electron chi connectivity index (χ2n) is 11.0. The highest BCUT2D eigenvalue weighted by Crippen LogP contribution is 2.28. The quantitative estimate of drug-likeness (QED) is 0.419. The van der Waals surface area contributed by atoms with Crippen molar-refractivity contribution in [1.82, 2.24) is 5.32 Å². The van der Waals surface area contributed by atoms with Crippen LogP contribution in [-0.2, 0) is 0 Å². The van der Waals surface area contributed by atoms with E-state index in [-0.39, 0.29) is 11.9 Å². The number of para-hydroxylation sites is 2. The van der Waals surface area contributed by atoms with E-state index >= 15 is 0 Å². The summed E-state index contributed by atoms with van der Waals surface area (Å²) >= 11 is 0. The Hall–Kier alpha value is -3.98. The molecule has 39 heavy (non-hydrogen) atoms. The maximum atomic E-state index is 13.4. The Morgan fingerprint density at radius 2 is 1.36 bits per heavy atom. The first kappa shape index (κ1) is 26.6. The van der Waals surface area contributed by atoms with Gasteiger partial charge in [0.25, 0.3) is 5.91 Å². The standard InChI is InChI=1S/C33H39N5O/c1-23-8-4-6-10-31(23)37-16-14-28(15-17-37)36-33(39)29-21-30(25(3)20-24(29)2)35-27-12-18-38(19-13-27)32-11-7-5-9-26(32)22-34/h4-11,20-21,27-28,35H,12-19H2,1-3H3,(H,36,39). The van der Waals surface area contributed by atoms with Crippen molar-refractivity contribution in [2.45, 2.75) is 58.5 Å². The molecule has 2 saturated heterocycles. The number of hydrogen-bond donors (Lipinski definition) is 2. The molecular weight excluding hydrogens is 482 g/mol. The Morgan fingerprint density at radius 3 is 2.03 bits per heavy atom. The number of rotatable bonds is 6. The molecule has 5 rings (SSSR count).